The van der Waals surface area contributed by atoms with Crippen LogP contribution in [-0.4, -0.2) is 31.1 Å². The van der Waals surface area contributed by atoms with Gasteiger partial charge in [-0.2, -0.15) is 0 Å². The third-order valence-electron chi connectivity index (χ3n) is 6.03. The van der Waals surface area contributed by atoms with Crippen molar-refractivity contribution < 1.29 is 9.53 Å². The monoisotopic (exact) mass is 437 g/mol. The number of allylic oxidation sites excluding steroid dienone is 1. The summed E-state index contributed by atoms with van der Waals surface area (Å²) in [5.74, 6) is 0.592. The van der Waals surface area contributed by atoms with Gasteiger partial charge < -0.3 is 9.53 Å². The largest absolute Gasteiger partial charge is 0.417 e. The normalized spacial score (nSPS) is 16.2. The van der Waals surface area contributed by atoms with Crippen LogP contribution in [0.15, 0.2) is 22.6 Å². The minimum absolute atomic E-state index is 0.276. The van der Waals surface area contributed by atoms with E-state index in [1.807, 2.05) is 25.3 Å². The number of aryl methyl sites for hydroxylation is 1. The Balaban J connectivity index is 2.35. The second kappa shape index (κ2) is 11.6. The molecule has 1 heterocycles. The van der Waals surface area contributed by atoms with Crippen LogP contribution in [0.3, 0.4) is 0 Å². The summed E-state index contributed by atoms with van der Waals surface area (Å²) >= 11 is 1.64. The summed E-state index contributed by atoms with van der Waals surface area (Å²) in [4.78, 5) is 4.44. The number of hydrogen-bond acceptors (Lipinski definition) is 4. The quantitative estimate of drug-likeness (QED) is 0.290. The fourth-order valence-corrected chi connectivity index (χ4v) is 4.46. The summed E-state index contributed by atoms with van der Waals surface area (Å²) in [5, 5.41) is 13.8. The van der Waals surface area contributed by atoms with Gasteiger partial charge in [0.1, 0.15) is 0 Å². The number of rotatable bonds is 11. The molecule has 1 rings (SSSR count). The van der Waals surface area contributed by atoms with E-state index in [9.17, 15) is 5.11 Å². The van der Waals surface area contributed by atoms with E-state index in [0.29, 0.717) is 12.3 Å². The van der Waals surface area contributed by atoms with Crippen LogP contribution in [0.25, 0.3) is 6.08 Å². The Labute approximate surface area is 184 Å². The van der Waals surface area contributed by atoms with Gasteiger partial charge in [-0.1, -0.05) is 39.3 Å². The Morgan fingerprint density at radius 1 is 1.31 bits per heavy atom. The van der Waals surface area contributed by atoms with E-state index in [0.717, 1.165) is 29.3 Å². The minimum atomic E-state index is -1.64. The maximum Gasteiger partial charge on any atom is 0.191 e. The Hall–Kier alpha value is -0.753. The average Bonchev–Trinajstić information content (AvgIpc) is 3.01. The van der Waals surface area contributed by atoms with Crippen LogP contribution in [0.5, 0.6) is 0 Å². The van der Waals surface area contributed by atoms with E-state index in [2.05, 4.69) is 58.8 Å². The molecule has 0 aliphatic heterocycles. The molecule has 2 atom stereocenters. The van der Waals surface area contributed by atoms with Crippen LogP contribution in [0, 0.1) is 12.8 Å². The molecule has 3 nitrogen and oxygen atoms in total. The van der Waals surface area contributed by atoms with Gasteiger partial charge in [-0.25, -0.2) is 4.98 Å². The van der Waals surface area contributed by atoms with Gasteiger partial charge >= 0.3 is 0 Å². The molecule has 0 unspecified atom stereocenters. The van der Waals surface area contributed by atoms with E-state index in [1.165, 1.54) is 18.4 Å². The van der Waals surface area contributed by atoms with Gasteiger partial charge in [0.15, 0.2) is 8.32 Å². The van der Waals surface area contributed by atoms with Gasteiger partial charge in [0.05, 0.1) is 16.8 Å². The standard InChI is InChI=1S/C24H43NO2SSi/c1-18(11-10-12-19(2)16-27-29(8,9)24(5,6)7)13-14-23(26)20(3)15-22-17-28-21(4)25-22/h13,15,17,19,23,26H,10-12,14,16H2,1-9H3/b18-13-,20-15+/t19-,23-/m0/s1. The van der Waals surface area contributed by atoms with Crippen molar-refractivity contribution in [1.29, 1.82) is 0 Å². The van der Waals surface area contributed by atoms with Crippen LogP contribution < -0.4 is 0 Å². The van der Waals surface area contributed by atoms with Crippen molar-refractivity contribution in [3.63, 3.8) is 0 Å². The molecule has 0 aromatic carbocycles. The first-order valence-corrected chi connectivity index (χ1v) is 14.7. The molecular weight excluding hydrogens is 394 g/mol. The van der Waals surface area contributed by atoms with Crippen LogP contribution >= 0.6 is 11.3 Å². The zero-order valence-electron chi connectivity index (χ0n) is 20.1. The molecule has 1 N–H and O–H groups in total. The van der Waals surface area contributed by atoms with Gasteiger partial charge in [0.25, 0.3) is 0 Å². The number of thiazole rings is 1. The highest BCUT2D eigenvalue weighted by molar-refractivity contribution is 7.09. The molecule has 0 bridgehead atoms. The smallest absolute Gasteiger partial charge is 0.191 e. The molecule has 0 radical (unpaired) electrons. The van der Waals surface area contributed by atoms with Gasteiger partial charge in [0, 0.05) is 12.0 Å². The highest BCUT2D eigenvalue weighted by Gasteiger charge is 2.37. The summed E-state index contributed by atoms with van der Waals surface area (Å²) < 4.78 is 6.35. The molecule has 0 saturated heterocycles. The molecule has 0 saturated carbocycles. The molecule has 0 spiro atoms. The first kappa shape index (κ1) is 26.3. The predicted octanol–water partition coefficient (Wildman–Crippen LogP) is 7.38. The van der Waals surface area contributed by atoms with Gasteiger partial charge in [-0.05, 0) is 82.2 Å². The van der Waals surface area contributed by atoms with E-state index < -0.39 is 14.4 Å². The third kappa shape index (κ3) is 9.73. The lowest BCUT2D eigenvalue weighted by Crippen LogP contribution is -2.41. The SMILES string of the molecule is C/C(=C/C[C@H](O)/C(C)=C/c1csc(C)n1)CCC[C@H](C)CO[Si](C)(C)C(C)(C)C. The lowest BCUT2D eigenvalue weighted by atomic mass is 10.0. The maximum atomic E-state index is 10.4. The van der Waals surface area contributed by atoms with Gasteiger partial charge in [-0.15, -0.1) is 11.3 Å². The predicted molar refractivity (Wildman–Crippen MR) is 131 cm³/mol. The number of aliphatic hydroxyl groups excluding tert-OH is 1. The zero-order chi connectivity index (χ0) is 22.2. The van der Waals surface area contributed by atoms with Crippen molar-refractivity contribution in [1.82, 2.24) is 4.98 Å². The van der Waals surface area contributed by atoms with E-state index in [-0.39, 0.29) is 5.04 Å². The molecular formula is C24H43NO2SSi. The molecule has 0 amide bonds. The third-order valence-corrected chi connectivity index (χ3v) is 11.3. The van der Waals surface area contributed by atoms with Crippen molar-refractivity contribution in [3.05, 3.63) is 33.3 Å². The van der Waals surface area contributed by atoms with Crippen molar-refractivity contribution in [2.45, 2.75) is 98.4 Å². The number of aromatic nitrogens is 1. The molecule has 1 aromatic rings. The average molecular weight is 438 g/mol. The van der Waals surface area contributed by atoms with E-state index in [4.69, 9.17) is 4.43 Å². The van der Waals surface area contributed by atoms with Crippen LogP contribution in [-0.2, 0) is 4.43 Å². The fraction of sp³-hybridized carbons (Fsp3) is 0.708. The summed E-state index contributed by atoms with van der Waals surface area (Å²) in [6, 6.07) is 0. The van der Waals surface area contributed by atoms with E-state index in [1.54, 1.807) is 11.3 Å². The lowest BCUT2D eigenvalue weighted by molar-refractivity contribution is 0.215. The number of aliphatic hydroxyl groups is 1. The highest BCUT2D eigenvalue weighted by Crippen LogP contribution is 2.37. The van der Waals surface area contributed by atoms with Gasteiger partial charge in [0.2, 0.25) is 0 Å². The summed E-state index contributed by atoms with van der Waals surface area (Å²) in [6.45, 7) is 20.8. The molecule has 166 valence electrons. The Bertz CT molecular complexity index is 685. The van der Waals surface area contributed by atoms with Crippen LogP contribution in [0.2, 0.25) is 18.1 Å². The topological polar surface area (TPSA) is 42.4 Å². The molecule has 1 aromatic heterocycles. The second-order valence-corrected chi connectivity index (χ2v) is 15.9. The zero-order valence-corrected chi connectivity index (χ0v) is 21.9. The minimum Gasteiger partial charge on any atom is -0.417 e. The molecule has 0 aliphatic rings. The van der Waals surface area contributed by atoms with Crippen LogP contribution in [0.4, 0.5) is 0 Å². The van der Waals surface area contributed by atoms with Crippen LogP contribution in [0.1, 0.15) is 77.9 Å². The first-order valence-electron chi connectivity index (χ1n) is 10.9. The Kier molecular flexibility index (Phi) is 10.5. The first-order chi connectivity index (χ1) is 13.3. The fourth-order valence-electron chi connectivity index (χ4n) is 2.76. The summed E-state index contributed by atoms with van der Waals surface area (Å²) in [6.07, 6.45) is 7.85. The second-order valence-electron chi connectivity index (χ2n) is 10.1. The Morgan fingerprint density at radius 2 is 1.97 bits per heavy atom. The maximum absolute atomic E-state index is 10.4. The van der Waals surface area contributed by atoms with Gasteiger partial charge in [-0.3, -0.25) is 0 Å². The molecule has 29 heavy (non-hydrogen) atoms. The van der Waals surface area contributed by atoms with Crippen molar-refractivity contribution in [2.75, 3.05) is 6.61 Å². The number of nitrogens with zero attached hydrogens (tertiary/aromatic N) is 1. The summed E-state index contributed by atoms with van der Waals surface area (Å²) in [5.41, 5.74) is 3.27. The van der Waals surface area contributed by atoms with E-state index >= 15 is 0 Å². The van der Waals surface area contributed by atoms with Crippen molar-refractivity contribution >= 4 is 25.7 Å². The molecule has 0 fully saturated rings. The Morgan fingerprint density at radius 3 is 2.52 bits per heavy atom. The molecule has 0 aliphatic carbocycles. The number of hydrogen-bond donors (Lipinski definition) is 1. The lowest BCUT2D eigenvalue weighted by Gasteiger charge is -2.37. The van der Waals surface area contributed by atoms with Crippen molar-refractivity contribution in [2.24, 2.45) is 5.92 Å². The van der Waals surface area contributed by atoms with Crippen molar-refractivity contribution in [3.8, 4) is 0 Å². The summed E-state index contributed by atoms with van der Waals surface area (Å²) in [7, 11) is -1.64. The molecule has 5 heteroatoms. The highest BCUT2D eigenvalue weighted by atomic mass is 32.1.